The summed E-state index contributed by atoms with van der Waals surface area (Å²) in [5.74, 6) is 1.14. The molecule has 0 saturated carbocycles. The van der Waals surface area contributed by atoms with Crippen molar-refractivity contribution in [2.45, 2.75) is 13.8 Å². The van der Waals surface area contributed by atoms with Crippen LogP contribution in [0.15, 0.2) is 28.7 Å². The Morgan fingerprint density at radius 2 is 2.05 bits per heavy atom. The molecule has 0 radical (unpaired) electrons. The third-order valence-corrected chi connectivity index (χ3v) is 2.74. The minimum Gasteiger partial charge on any atom is -0.478 e. The number of furan rings is 1. The summed E-state index contributed by atoms with van der Waals surface area (Å²) in [6, 6.07) is 7.34. The second-order valence-corrected chi connectivity index (χ2v) is 5.18. The zero-order valence-electron chi connectivity index (χ0n) is 11.8. The van der Waals surface area contributed by atoms with E-state index in [0.717, 1.165) is 11.1 Å². The SMILES string of the molecule is CC(C)C(=O)c1cc2cc(OCN(C)C)ccc2o1. The molecule has 0 fully saturated rings. The fourth-order valence-corrected chi connectivity index (χ4v) is 1.72. The Bertz CT molecular complexity index is 584. The van der Waals surface area contributed by atoms with Crippen molar-refractivity contribution < 1.29 is 13.9 Å². The van der Waals surface area contributed by atoms with E-state index in [1.54, 1.807) is 6.07 Å². The molecule has 0 bridgehead atoms. The van der Waals surface area contributed by atoms with Crippen LogP contribution in [-0.2, 0) is 0 Å². The predicted molar refractivity (Wildman–Crippen MR) is 74.6 cm³/mol. The topological polar surface area (TPSA) is 42.7 Å². The van der Waals surface area contributed by atoms with Gasteiger partial charge in [0.15, 0.2) is 5.76 Å². The van der Waals surface area contributed by atoms with Crippen molar-refractivity contribution >= 4 is 16.8 Å². The van der Waals surface area contributed by atoms with E-state index >= 15 is 0 Å². The quantitative estimate of drug-likeness (QED) is 0.612. The van der Waals surface area contributed by atoms with E-state index in [-0.39, 0.29) is 11.7 Å². The Morgan fingerprint density at radius 3 is 2.68 bits per heavy atom. The van der Waals surface area contributed by atoms with Gasteiger partial charge < -0.3 is 9.15 Å². The van der Waals surface area contributed by atoms with E-state index < -0.39 is 0 Å². The van der Waals surface area contributed by atoms with Crippen molar-refractivity contribution in [3.8, 4) is 5.75 Å². The van der Waals surface area contributed by atoms with Gasteiger partial charge in [0.25, 0.3) is 0 Å². The zero-order valence-corrected chi connectivity index (χ0v) is 11.8. The summed E-state index contributed by atoms with van der Waals surface area (Å²) in [6.45, 7) is 4.24. The molecule has 4 nitrogen and oxygen atoms in total. The lowest BCUT2D eigenvalue weighted by Gasteiger charge is -2.11. The number of rotatable bonds is 5. The summed E-state index contributed by atoms with van der Waals surface area (Å²) in [4.78, 5) is 13.8. The van der Waals surface area contributed by atoms with Gasteiger partial charge in [-0.3, -0.25) is 9.69 Å². The minimum atomic E-state index is -0.0648. The second-order valence-electron chi connectivity index (χ2n) is 5.18. The van der Waals surface area contributed by atoms with Gasteiger partial charge in [-0.25, -0.2) is 0 Å². The first-order valence-electron chi connectivity index (χ1n) is 6.32. The van der Waals surface area contributed by atoms with E-state index in [9.17, 15) is 4.79 Å². The number of ketones is 1. The average molecular weight is 261 g/mol. The largest absolute Gasteiger partial charge is 0.478 e. The Balaban J connectivity index is 2.26. The van der Waals surface area contributed by atoms with Crippen LogP contribution in [0.25, 0.3) is 11.0 Å². The number of ether oxygens (including phenoxy) is 1. The van der Waals surface area contributed by atoms with Crippen LogP contribution in [0.4, 0.5) is 0 Å². The molecule has 1 aromatic carbocycles. The number of carbonyl (C=O) groups excluding carboxylic acids is 1. The summed E-state index contributed by atoms with van der Waals surface area (Å²) in [6.07, 6.45) is 0. The first kappa shape index (κ1) is 13.6. The third-order valence-electron chi connectivity index (χ3n) is 2.74. The van der Waals surface area contributed by atoms with Crippen LogP contribution in [0.5, 0.6) is 5.75 Å². The van der Waals surface area contributed by atoms with E-state index in [4.69, 9.17) is 9.15 Å². The highest BCUT2D eigenvalue weighted by atomic mass is 16.5. The molecule has 102 valence electrons. The van der Waals surface area contributed by atoms with Gasteiger partial charge in [-0.1, -0.05) is 13.8 Å². The number of nitrogens with zero attached hydrogens (tertiary/aromatic N) is 1. The zero-order chi connectivity index (χ0) is 14.0. The molecule has 0 N–H and O–H groups in total. The molecule has 2 aromatic rings. The summed E-state index contributed by atoms with van der Waals surface area (Å²) in [5.41, 5.74) is 0.709. The number of hydrogen-bond acceptors (Lipinski definition) is 4. The molecule has 0 atom stereocenters. The highest BCUT2D eigenvalue weighted by Crippen LogP contribution is 2.25. The molecule has 0 aliphatic carbocycles. The lowest BCUT2D eigenvalue weighted by atomic mass is 10.1. The summed E-state index contributed by atoms with van der Waals surface area (Å²) in [7, 11) is 3.88. The molecule has 0 spiro atoms. The molecule has 0 unspecified atom stereocenters. The Hall–Kier alpha value is -1.81. The molecule has 1 heterocycles. The van der Waals surface area contributed by atoms with Crippen molar-refractivity contribution in [2.75, 3.05) is 20.8 Å². The molecule has 0 aliphatic rings. The van der Waals surface area contributed by atoms with Crippen LogP contribution in [0.1, 0.15) is 24.4 Å². The lowest BCUT2D eigenvalue weighted by Crippen LogP contribution is -2.18. The number of Topliss-reactive ketones (excluding diaryl/α,β-unsaturated/α-hetero) is 1. The van der Waals surface area contributed by atoms with E-state index in [2.05, 4.69) is 0 Å². The normalized spacial score (nSPS) is 11.5. The number of carbonyl (C=O) groups is 1. The standard InChI is InChI=1S/C15H19NO3/c1-10(2)15(17)14-8-11-7-12(18-9-16(3)4)5-6-13(11)19-14/h5-8,10H,9H2,1-4H3. The van der Waals surface area contributed by atoms with Gasteiger partial charge >= 0.3 is 0 Å². The van der Waals surface area contributed by atoms with Crippen LogP contribution in [-0.4, -0.2) is 31.5 Å². The molecule has 0 amide bonds. The fraction of sp³-hybridized carbons (Fsp3) is 0.400. The van der Waals surface area contributed by atoms with Crippen LogP contribution in [0, 0.1) is 5.92 Å². The van der Waals surface area contributed by atoms with Gasteiger partial charge in [0.2, 0.25) is 5.78 Å². The van der Waals surface area contributed by atoms with Crippen molar-refractivity contribution in [1.29, 1.82) is 0 Å². The molecule has 0 saturated heterocycles. The first-order chi connectivity index (χ1) is 8.97. The fourth-order valence-electron chi connectivity index (χ4n) is 1.72. The van der Waals surface area contributed by atoms with Crippen molar-refractivity contribution in [1.82, 2.24) is 4.90 Å². The van der Waals surface area contributed by atoms with Crippen LogP contribution >= 0.6 is 0 Å². The van der Waals surface area contributed by atoms with Crippen molar-refractivity contribution in [2.24, 2.45) is 5.92 Å². The second kappa shape index (κ2) is 5.45. The summed E-state index contributed by atoms with van der Waals surface area (Å²) < 4.78 is 11.1. The van der Waals surface area contributed by atoms with Crippen LogP contribution in [0.3, 0.4) is 0 Å². The lowest BCUT2D eigenvalue weighted by molar-refractivity contribution is 0.0913. The average Bonchev–Trinajstić information content (AvgIpc) is 2.77. The number of benzene rings is 1. The van der Waals surface area contributed by atoms with Crippen LogP contribution in [0.2, 0.25) is 0 Å². The molecule has 0 aliphatic heterocycles. The Kier molecular flexibility index (Phi) is 3.90. The highest BCUT2D eigenvalue weighted by molar-refractivity contribution is 5.98. The predicted octanol–water partition coefficient (Wildman–Crippen LogP) is 3.17. The highest BCUT2D eigenvalue weighted by Gasteiger charge is 2.15. The number of fused-ring (bicyclic) bond motifs is 1. The Morgan fingerprint density at radius 1 is 1.32 bits per heavy atom. The van der Waals surface area contributed by atoms with Gasteiger partial charge in [-0.2, -0.15) is 0 Å². The maximum Gasteiger partial charge on any atom is 0.200 e. The van der Waals surface area contributed by atoms with Gasteiger partial charge in [0, 0.05) is 11.3 Å². The van der Waals surface area contributed by atoms with E-state index in [1.165, 1.54) is 0 Å². The van der Waals surface area contributed by atoms with Crippen molar-refractivity contribution in [3.05, 3.63) is 30.0 Å². The molecular weight excluding hydrogens is 242 g/mol. The van der Waals surface area contributed by atoms with Crippen molar-refractivity contribution in [3.63, 3.8) is 0 Å². The van der Waals surface area contributed by atoms with Gasteiger partial charge in [0.1, 0.15) is 18.1 Å². The minimum absolute atomic E-state index is 0.0203. The smallest absolute Gasteiger partial charge is 0.200 e. The summed E-state index contributed by atoms with van der Waals surface area (Å²) in [5, 5.41) is 0.889. The van der Waals surface area contributed by atoms with Gasteiger partial charge in [-0.15, -0.1) is 0 Å². The first-order valence-corrected chi connectivity index (χ1v) is 6.32. The monoisotopic (exact) mass is 261 g/mol. The maximum atomic E-state index is 11.9. The maximum absolute atomic E-state index is 11.9. The molecule has 19 heavy (non-hydrogen) atoms. The van der Waals surface area contributed by atoms with Gasteiger partial charge in [0.05, 0.1) is 0 Å². The van der Waals surface area contributed by atoms with E-state index in [0.29, 0.717) is 18.1 Å². The third kappa shape index (κ3) is 3.15. The molecule has 1 aromatic heterocycles. The van der Waals surface area contributed by atoms with Crippen LogP contribution < -0.4 is 4.74 Å². The number of hydrogen-bond donors (Lipinski definition) is 0. The Labute approximate surface area is 112 Å². The van der Waals surface area contributed by atoms with E-state index in [1.807, 2.05) is 51.0 Å². The molecular formula is C15H19NO3. The van der Waals surface area contributed by atoms with Gasteiger partial charge in [-0.05, 0) is 38.4 Å². The summed E-state index contributed by atoms with van der Waals surface area (Å²) >= 11 is 0. The molecule has 2 rings (SSSR count). The molecule has 4 heteroatoms.